The quantitative estimate of drug-likeness (QED) is 0.496. The molecule has 0 aromatic carbocycles. The number of carbonyl (C=O) groups is 1. The fourth-order valence-corrected chi connectivity index (χ4v) is 0.441. The molecule has 8 heavy (non-hydrogen) atoms. The Morgan fingerprint density at radius 1 is 1.75 bits per heavy atom. The zero-order chi connectivity index (χ0) is 7.44. The molecular formula is C6H13NO. The summed E-state index contributed by atoms with van der Waals surface area (Å²) < 4.78 is 6.84. The summed E-state index contributed by atoms with van der Waals surface area (Å²) in [5.41, 5.74) is 0. The van der Waals surface area contributed by atoms with Gasteiger partial charge in [-0.05, 0) is 0 Å². The molecule has 0 aromatic heterocycles. The maximum Gasteiger partial charge on any atom is 0.224 e. The van der Waals surface area contributed by atoms with Crippen molar-refractivity contribution < 1.29 is 6.17 Å². The highest BCUT2D eigenvalue weighted by atomic mass is 16.2. The van der Waals surface area contributed by atoms with Gasteiger partial charge in [0.2, 0.25) is 5.91 Å². The van der Waals surface area contributed by atoms with E-state index in [0.717, 1.165) is 0 Å². The Morgan fingerprint density at radius 2 is 2.25 bits per heavy atom. The minimum atomic E-state index is 0.0142. The highest BCUT2D eigenvalue weighted by Gasteiger charge is 2.06. The van der Waals surface area contributed by atoms with Crippen molar-refractivity contribution in [1.29, 1.82) is 0 Å². The van der Waals surface area contributed by atoms with Crippen molar-refractivity contribution >= 4 is 5.91 Å². The lowest BCUT2D eigenvalue weighted by molar-refractivity contribution is -0.131. The summed E-state index contributed by atoms with van der Waals surface area (Å²) >= 11 is 0. The molecule has 0 rings (SSSR count). The minimum absolute atomic E-state index is 0.0142. The lowest BCUT2D eigenvalue weighted by Gasteiger charge is -2.11. The third kappa shape index (κ3) is 1.96. The van der Waals surface area contributed by atoms with Gasteiger partial charge in [0.1, 0.15) is 0 Å². The van der Waals surface area contributed by atoms with E-state index in [2.05, 4.69) is 0 Å². The van der Waals surface area contributed by atoms with Crippen LogP contribution in [0.3, 0.4) is 0 Å². The van der Waals surface area contributed by atoms with Crippen molar-refractivity contribution in [3.63, 3.8) is 0 Å². The first-order valence-electron chi connectivity index (χ1n) is 3.34. The van der Waals surface area contributed by atoms with Crippen LogP contribution < -0.4 is 0 Å². The molecular weight excluding hydrogens is 102 g/mol. The van der Waals surface area contributed by atoms with Crippen molar-refractivity contribution in [2.75, 3.05) is 14.1 Å². The number of nitrogens with zero attached hydrogens (tertiary/aromatic N) is 1. The molecule has 0 atom stereocenters. The van der Waals surface area contributed by atoms with Gasteiger partial charge in [-0.25, -0.2) is 0 Å². The largest absolute Gasteiger partial charge is 0.349 e. The molecule has 0 fully saturated rings. The average Bonchev–Trinajstić information content (AvgIpc) is 1.84. The summed E-state index contributed by atoms with van der Waals surface area (Å²) in [6, 6.07) is 0. The van der Waals surface area contributed by atoms with Crippen molar-refractivity contribution in [2.24, 2.45) is 5.92 Å². The third-order valence-corrected chi connectivity index (χ3v) is 0.870. The van der Waals surface area contributed by atoms with E-state index in [1.165, 1.54) is 4.90 Å². The van der Waals surface area contributed by atoms with Crippen LogP contribution in [0.25, 0.3) is 0 Å². The second-order valence-corrected chi connectivity index (χ2v) is 2.19. The van der Waals surface area contributed by atoms with Gasteiger partial charge < -0.3 is 4.90 Å². The molecule has 0 saturated heterocycles. The van der Waals surface area contributed by atoms with Crippen molar-refractivity contribution in [3.8, 4) is 0 Å². The fourth-order valence-electron chi connectivity index (χ4n) is 0.441. The molecule has 0 aromatic rings. The predicted molar refractivity (Wildman–Crippen MR) is 33.5 cm³/mol. The van der Waals surface area contributed by atoms with Gasteiger partial charge in [-0.1, -0.05) is 13.8 Å². The van der Waals surface area contributed by atoms with E-state index in [1.807, 2.05) is 13.8 Å². The molecule has 0 spiro atoms. The SMILES string of the molecule is [3H]CN(C)C(=O)C(C)C. The van der Waals surface area contributed by atoms with Crippen LogP contribution in [-0.4, -0.2) is 24.9 Å². The lowest BCUT2D eigenvalue weighted by atomic mass is 10.2. The van der Waals surface area contributed by atoms with E-state index in [9.17, 15) is 4.79 Å². The summed E-state index contributed by atoms with van der Waals surface area (Å²) in [5.74, 6) is 0.0466. The first kappa shape index (κ1) is 5.60. The fraction of sp³-hybridized carbons (Fsp3) is 0.833. The number of hydrogen-bond acceptors (Lipinski definition) is 1. The molecule has 0 aliphatic heterocycles. The van der Waals surface area contributed by atoms with E-state index in [4.69, 9.17) is 1.37 Å². The van der Waals surface area contributed by atoms with E-state index >= 15 is 0 Å². The molecule has 0 N–H and O–H groups in total. The Kier molecular flexibility index (Phi) is 1.89. The van der Waals surface area contributed by atoms with Crippen LogP contribution >= 0.6 is 0 Å². The zero-order valence-corrected chi connectivity index (χ0v) is 5.64. The zero-order valence-electron chi connectivity index (χ0n) is 6.64. The van der Waals surface area contributed by atoms with Gasteiger partial charge in [0.25, 0.3) is 0 Å². The lowest BCUT2D eigenvalue weighted by Crippen LogP contribution is -2.26. The van der Waals surface area contributed by atoms with Gasteiger partial charge in [0.15, 0.2) is 0 Å². The Hall–Kier alpha value is -0.530. The van der Waals surface area contributed by atoms with Crippen LogP contribution in [0.2, 0.25) is 0 Å². The molecule has 1 amide bonds. The topological polar surface area (TPSA) is 20.3 Å². The molecule has 0 unspecified atom stereocenters. The van der Waals surface area contributed by atoms with Crippen molar-refractivity contribution in [1.82, 2.24) is 4.90 Å². The highest BCUT2D eigenvalue weighted by molar-refractivity contribution is 5.77. The molecule has 0 bridgehead atoms. The van der Waals surface area contributed by atoms with Crippen LogP contribution in [0.1, 0.15) is 15.2 Å². The number of hydrogen-bond donors (Lipinski definition) is 0. The highest BCUT2D eigenvalue weighted by Crippen LogP contribution is 1.94. The van der Waals surface area contributed by atoms with Gasteiger partial charge in [0.05, 0.1) is 0 Å². The molecule has 0 aliphatic carbocycles. The molecule has 0 heterocycles. The first-order chi connectivity index (χ1) is 4.09. The van der Waals surface area contributed by atoms with E-state index in [1.54, 1.807) is 7.05 Å². The van der Waals surface area contributed by atoms with Gasteiger partial charge in [-0.3, -0.25) is 4.79 Å². The molecule has 48 valence electrons. The number of carbonyl (C=O) groups excluding carboxylic acids is 1. The summed E-state index contributed by atoms with van der Waals surface area (Å²) in [4.78, 5) is 12.3. The number of amides is 1. The second-order valence-electron chi connectivity index (χ2n) is 2.19. The Morgan fingerprint density at radius 3 is 2.38 bits per heavy atom. The van der Waals surface area contributed by atoms with Crippen LogP contribution in [0, 0.1) is 5.92 Å². The van der Waals surface area contributed by atoms with Crippen LogP contribution in [0.5, 0.6) is 0 Å². The molecule has 2 heteroatoms. The number of rotatable bonds is 1. The maximum atomic E-state index is 10.9. The minimum Gasteiger partial charge on any atom is -0.349 e. The Bertz CT molecular complexity index is 103. The third-order valence-electron chi connectivity index (χ3n) is 0.870. The van der Waals surface area contributed by atoms with Crippen LogP contribution in [-0.2, 0) is 4.79 Å². The van der Waals surface area contributed by atoms with Gasteiger partial charge in [0, 0.05) is 21.4 Å². The Labute approximate surface area is 51.9 Å². The summed E-state index contributed by atoms with van der Waals surface area (Å²) in [5, 5.41) is 0. The van der Waals surface area contributed by atoms with E-state index in [-0.39, 0.29) is 18.8 Å². The molecule has 0 aliphatic rings. The predicted octanol–water partition coefficient (Wildman–Crippen LogP) is 0.731. The van der Waals surface area contributed by atoms with Crippen LogP contribution in [0.4, 0.5) is 0 Å². The summed E-state index contributed by atoms with van der Waals surface area (Å²) in [7, 11) is 1.69. The van der Waals surface area contributed by atoms with Crippen molar-refractivity contribution in [2.45, 2.75) is 13.8 Å². The normalized spacial score (nSPS) is 11.2. The average molecular weight is 117 g/mol. The standard InChI is InChI=1S/C6H13NO/c1-5(2)6(8)7(3)4/h5H,1-4H3/i3T. The van der Waals surface area contributed by atoms with Crippen LogP contribution in [0.15, 0.2) is 0 Å². The van der Waals surface area contributed by atoms with Gasteiger partial charge in [-0.2, -0.15) is 0 Å². The van der Waals surface area contributed by atoms with E-state index in [0.29, 0.717) is 0 Å². The molecule has 0 radical (unpaired) electrons. The smallest absolute Gasteiger partial charge is 0.224 e. The monoisotopic (exact) mass is 117 g/mol. The molecule has 2 nitrogen and oxygen atoms in total. The Balaban J connectivity index is 3.73. The van der Waals surface area contributed by atoms with Gasteiger partial charge in [-0.15, -0.1) is 0 Å². The summed E-state index contributed by atoms with van der Waals surface area (Å²) in [6.07, 6.45) is 0. The first-order valence-corrected chi connectivity index (χ1v) is 2.63. The summed E-state index contributed by atoms with van der Waals surface area (Å²) in [6.45, 7) is 3.66. The van der Waals surface area contributed by atoms with E-state index < -0.39 is 0 Å². The van der Waals surface area contributed by atoms with Gasteiger partial charge >= 0.3 is 0 Å². The maximum absolute atomic E-state index is 10.9. The molecule has 0 saturated carbocycles. The van der Waals surface area contributed by atoms with Crippen molar-refractivity contribution in [3.05, 3.63) is 0 Å². The second kappa shape index (κ2) is 2.70.